The van der Waals surface area contributed by atoms with Gasteiger partial charge in [-0.05, 0) is 35.2 Å². The highest BCUT2D eigenvalue weighted by Crippen LogP contribution is 2.24. The maximum Gasteiger partial charge on any atom is 0.227 e. The van der Waals surface area contributed by atoms with Gasteiger partial charge in [-0.2, -0.15) is 21.3 Å². The number of nitrogens with zero attached hydrogens (tertiary/aromatic N) is 5. The lowest BCUT2D eigenvalue weighted by molar-refractivity contribution is 0.333. The lowest BCUT2D eigenvalue weighted by Gasteiger charge is -2.11. The highest BCUT2D eigenvalue weighted by atomic mass is 32.1. The monoisotopic (exact) mass is 443 g/mol. The van der Waals surface area contributed by atoms with E-state index in [2.05, 4.69) is 31.0 Å². The van der Waals surface area contributed by atoms with Gasteiger partial charge in [-0.1, -0.05) is 24.3 Å². The van der Waals surface area contributed by atoms with Crippen LogP contribution in [0, 0.1) is 0 Å². The number of aromatic nitrogens is 5. The van der Waals surface area contributed by atoms with E-state index in [9.17, 15) is 0 Å². The number of rotatable bonds is 9. The zero-order chi connectivity index (χ0) is 21.6. The molecule has 0 saturated carbocycles. The Morgan fingerprint density at radius 1 is 1.00 bits per heavy atom. The molecule has 5 aromatic rings. The van der Waals surface area contributed by atoms with Crippen LogP contribution in [-0.2, 0) is 6.54 Å². The summed E-state index contributed by atoms with van der Waals surface area (Å²) < 4.78 is 7.75. The van der Waals surface area contributed by atoms with Crippen LogP contribution in [0.25, 0.3) is 16.9 Å². The van der Waals surface area contributed by atoms with Crippen molar-refractivity contribution >= 4 is 34.3 Å². The van der Waals surface area contributed by atoms with Gasteiger partial charge in [0.25, 0.3) is 0 Å². The molecule has 0 fully saturated rings. The fourth-order valence-corrected chi connectivity index (χ4v) is 3.85. The summed E-state index contributed by atoms with van der Waals surface area (Å²) >= 11 is 1.63. The van der Waals surface area contributed by atoms with Gasteiger partial charge in [0.05, 0.1) is 12.2 Å². The molecule has 0 radical (unpaired) electrons. The Kier molecular flexibility index (Phi) is 5.89. The minimum atomic E-state index is 0.499. The van der Waals surface area contributed by atoms with E-state index in [1.165, 1.54) is 0 Å². The number of imidazole rings is 1. The van der Waals surface area contributed by atoms with Crippen LogP contribution in [0.15, 0.2) is 78.0 Å². The summed E-state index contributed by atoms with van der Waals surface area (Å²) in [7, 11) is 0. The molecule has 0 unspecified atom stereocenters. The normalized spacial score (nSPS) is 10.9. The summed E-state index contributed by atoms with van der Waals surface area (Å²) in [6.45, 7) is 1.65. The second-order valence-corrected chi connectivity index (χ2v) is 7.75. The second kappa shape index (κ2) is 9.44. The van der Waals surface area contributed by atoms with Gasteiger partial charge >= 0.3 is 0 Å². The topological polar surface area (TPSA) is 89.8 Å². The third kappa shape index (κ3) is 4.52. The predicted octanol–water partition coefficient (Wildman–Crippen LogP) is 4.38. The van der Waals surface area contributed by atoms with Gasteiger partial charge in [0.1, 0.15) is 18.7 Å². The summed E-state index contributed by atoms with van der Waals surface area (Å²) in [6.07, 6.45) is 5.35. The fourth-order valence-electron chi connectivity index (χ4n) is 3.22. The van der Waals surface area contributed by atoms with Crippen molar-refractivity contribution in [2.24, 2.45) is 0 Å². The fraction of sp³-hybridized carbons (Fsp3) is 0.130. The number of ether oxygens (including phenoxy) is 1. The standard InChI is InChI=1S/C23H21N7OS/c1-2-6-19(7-3-1)31-11-10-25-21-20-22(30(16-27-20)18-8-12-32-15-18)29-23(28-21)26-14-17-5-4-9-24-13-17/h1-9,12-13,15-16H,10-11,14H2,(H2,25,26,28,29). The zero-order valence-corrected chi connectivity index (χ0v) is 18.0. The van der Waals surface area contributed by atoms with Crippen LogP contribution in [0.1, 0.15) is 5.56 Å². The van der Waals surface area contributed by atoms with Crippen molar-refractivity contribution in [1.29, 1.82) is 0 Å². The Hall–Kier alpha value is -3.98. The molecular weight excluding hydrogens is 422 g/mol. The Balaban J connectivity index is 1.38. The molecule has 4 heterocycles. The second-order valence-electron chi connectivity index (χ2n) is 6.97. The summed E-state index contributed by atoms with van der Waals surface area (Å²) in [4.78, 5) is 18.1. The van der Waals surface area contributed by atoms with E-state index in [0.717, 1.165) is 22.6 Å². The molecule has 0 spiro atoms. The zero-order valence-electron chi connectivity index (χ0n) is 17.2. The highest BCUT2D eigenvalue weighted by molar-refractivity contribution is 7.08. The maximum absolute atomic E-state index is 5.79. The largest absolute Gasteiger partial charge is 0.492 e. The first-order valence-electron chi connectivity index (χ1n) is 10.2. The number of hydrogen-bond donors (Lipinski definition) is 2. The van der Waals surface area contributed by atoms with Gasteiger partial charge in [0.2, 0.25) is 5.95 Å². The van der Waals surface area contributed by atoms with Crippen LogP contribution in [0.3, 0.4) is 0 Å². The van der Waals surface area contributed by atoms with Crippen LogP contribution in [-0.4, -0.2) is 37.7 Å². The Labute approximate surface area is 189 Å². The number of para-hydroxylation sites is 1. The van der Waals surface area contributed by atoms with Gasteiger partial charge in [0.15, 0.2) is 17.0 Å². The van der Waals surface area contributed by atoms with Crippen LogP contribution in [0.4, 0.5) is 11.8 Å². The molecule has 160 valence electrons. The molecule has 2 N–H and O–H groups in total. The molecule has 0 atom stereocenters. The molecule has 1 aromatic carbocycles. The summed E-state index contributed by atoms with van der Waals surface area (Å²) in [5, 5.41) is 10.7. The van der Waals surface area contributed by atoms with Crippen LogP contribution < -0.4 is 15.4 Å². The van der Waals surface area contributed by atoms with Crippen molar-refractivity contribution in [2.75, 3.05) is 23.8 Å². The molecule has 8 nitrogen and oxygen atoms in total. The quantitative estimate of drug-likeness (QED) is 0.327. The van der Waals surface area contributed by atoms with E-state index >= 15 is 0 Å². The Morgan fingerprint density at radius 3 is 2.75 bits per heavy atom. The molecule has 32 heavy (non-hydrogen) atoms. The predicted molar refractivity (Wildman–Crippen MR) is 127 cm³/mol. The van der Waals surface area contributed by atoms with Gasteiger partial charge < -0.3 is 15.4 Å². The van der Waals surface area contributed by atoms with Gasteiger partial charge in [-0.15, -0.1) is 0 Å². The lowest BCUT2D eigenvalue weighted by atomic mass is 10.3. The lowest BCUT2D eigenvalue weighted by Crippen LogP contribution is -2.14. The summed E-state index contributed by atoms with van der Waals surface area (Å²) in [6, 6.07) is 15.7. The minimum Gasteiger partial charge on any atom is -0.492 e. The molecule has 4 aromatic heterocycles. The number of hydrogen-bond acceptors (Lipinski definition) is 8. The number of pyridine rings is 1. The molecule has 0 aliphatic carbocycles. The number of benzene rings is 1. The third-order valence-corrected chi connectivity index (χ3v) is 5.43. The van der Waals surface area contributed by atoms with E-state index in [0.29, 0.717) is 37.0 Å². The Bertz CT molecular complexity index is 1270. The van der Waals surface area contributed by atoms with E-state index < -0.39 is 0 Å². The maximum atomic E-state index is 5.79. The van der Waals surface area contributed by atoms with Crippen molar-refractivity contribution in [1.82, 2.24) is 24.5 Å². The van der Waals surface area contributed by atoms with Gasteiger partial charge in [-0.3, -0.25) is 9.55 Å². The SMILES string of the molecule is c1ccc(OCCNc2nc(NCc3cccnc3)nc3c2ncn3-c2ccsc2)cc1. The van der Waals surface area contributed by atoms with E-state index in [-0.39, 0.29) is 0 Å². The van der Waals surface area contributed by atoms with Gasteiger partial charge in [-0.25, -0.2) is 4.98 Å². The first kappa shape index (κ1) is 20.0. The third-order valence-electron chi connectivity index (χ3n) is 4.76. The van der Waals surface area contributed by atoms with Crippen molar-refractivity contribution in [3.05, 3.63) is 83.6 Å². The number of fused-ring (bicyclic) bond motifs is 1. The number of thiophene rings is 1. The van der Waals surface area contributed by atoms with E-state index in [1.54, 1.807) is 23.9 Å². The molecule has 0 amide bonds. The average Bonchev–Trinajstić information content (AvgIpc) is 3.52. The highest BCUT2D eigenvalue weighted by Gasteiger charge is 2.14. The van der Waals surface area contributed by atoms with Crippen molar-refractivity contribution in [3.63, 3.8) is 0 Å². The van der Waals surface area contributed by atoms with Crippen molar-refractivity contribution in [3.8, 4) is 11.4 Å². The summed E-state index contributed by atoms with van der Waals surface area (Å²) in [5.41, 5.74) is 3.52. The van der Waals surface area contributed by atoms with E-state index in [4.69, 9.17) is 9.72 Å². The smallest absolute Gasteiger partial charge is 0.227 e. The Morgan fingerprint density at radius 2 is 1.94 bits per heavy atom. The van der Waals surface area contributed by atoms with Crippen LogP contribution >= 0.6 is 11.3 Å². The molecule has 0 saturated heterocycles. The molecule has 0 aliphatic rings. The molecular formula is C23H21N7OS. The van der Waals surface area contributed by atoms with Crippen LogP contribution in [0.5, 0.6) is 5.75 Å². The first-order valence-corrected chi connectivity index (χ1v) is 11.1. The van der Waals surface area contributed by atoms with Crippen LogP contribution in [0.2, 0.25) is 0 Å². The molecule has 0 aliphatic heterocycles. The minimum absolute atomic E-state index is 0.499. The molecule has 0 bridgehead atoms. The number of anilines is 2. The summed E-state index contributed by atoms with van der Waals surface area (Å²) in [5.74, 6) is 2.02. The van der Waals surface area contributed by atoms with E-state index in [1.807, 2.05) is 64.7 Å². The van der Waals surface area contributed by atoms with Crippen molar-refractivity contribution in [2.45, 2.75) is 6.54 Å². The first-order chi connectivity index (χ1) is 15.9. The van der Waals surface area contributed by atoms with Crippen molar-refractivity contribution < 1.29 is 4.74 Å². The number of nitrogens with one attached hydrogen (secondary N) is 2. The average molecular weight is 444 g/mol. The molecule has 5 rings (SSSR count). The van der Waals surface area contributed by atoms with Gasteiger partial charge in [0, 0.05) is 24.3 Å². The molecule has 9 heteroatoms.